The van der Waals surface area contributed by atoms with Gasteiger partial charge in [-0.1, -0.05) is 33.6 Å². The van der Waals surface area contributed by atoms with Gasteiger partial charge < -0.3 is 15.5 Å². The Hall–Kier alpha value is -1.26. The molecule has 5 nitrogen and oxygen atoms in total. The third-order valence-corrected chi connectivity index (χ3v) is 3.98. The van der Waals surface area contributed by atoms with Crippen LogP contribution in [0.4, 0.5) is 0 Å². The molecule has 5 heteroatoms. The fourth-order valence-corrected chi connectivity index (χ4v) is 2.45. The van der Waals surface area contributed by atoms with Crippen molar-refractivity contribution in [1.29, 1.82) is 0 Å². The summed E-state index contributed by atoms with van der Waals surface area (Å²) in [6.45, 7) is 7.68. The lowest BCUT2D eigenvalue weighted by atomic mass is 9.86. The minimum atomic E-state index is 0.0253. The van der Waals surface area contributed by atoms with E-state index >= 15 is 0 Å². The zero-order valence-corrected chi connectivity index (χ0v) is 14.3. The molecule has 1 amide bonds. The maximum absolute atomic E-state index is 11.7. The number of carbonyl (C=O) groups is 1. The summed E-state index contributed by atoms with van der Waals surface area (Å²) in [6.07, 6.45) is 5.05. The molecule has 0 aromatic carbocycles. The number of nitrogens with one attached hydrogen (secondary N) is 2. The number of likely N-dealkylation sites (N-methyl/N-ethyl adjacent to an activating group) is 1. The summed E-state index contributed by atoms with van der Waals surface area (Å²) in [5, 5.41) is 6.87. The molecule has 0 radical (unpaired) electrons. The van der Waals surface area contributed by atoms with Crippen molar-refractivity contribution in [2.75, 3.05) is 27.2 Å². The predicted molar refractivity (Wildman–Crippen MR) is 88.4 cm³/mol. The highest BCUT2D eigenvalue weighted by Gasteiger charge is 2.22. The van der Waals surface area contributed by atoms with Crippen LogP contribution >= 0.6 is 0 Å². The smallest absolute Gasteiger partial charge is 0.243 e. The Morgan fingerprint density at radius 1 is 1.29 bits per heavy atom. The second kappa shape index (κ2) is 8.90. The Labute approximate surface area is 129 Å². The summed E-state index contributed by atoms with van der Waals surface area (Å²) >= 11 is 0. The van der Waals surface area contributed by atoms with Gasteiger partial charge >= 0.3 is 0 Å². The van der Waals surface area contributed by atoms with Gasteiger partial charge in [0.15, 0.2) is 5.96 Å². The van der Waals surface area contributed by atoms with E-state index < -0.39 is 0 Å². The van der Waals surface area contributed by atoms with E-state index in [0.29, 0.717) is 17.9 Å². The van der Waals surface area contributed by atoms with Gasteiger partial charge in [-0.15, -0.1) is 0 Å². The van der Waals surface area contributed by atoms with Crippen LogP contribution in [0.25, 0.3) is 0 Å². The lowest BCUT2D eigenvalue weighted by Gasteiger charge is -2.31. The number of nitrogens with zero attached hydrogens (tertiary/aromatic N) is 2. The summed E-state index contributed by atoms with van der Waals surface area (Å²) in [5.41, 5.74) is 0. The molecular formula is C16H32N4O. The Bertz CT molecular complexity index is 352. The Kier molecular flexibility index (Phi) is 7.54. The first-order valence-electron chi connectivity index (χ1n) is 8.15. The highest BCUT2D eigenvalue weighted by Crippen LogP contribution is 2.23. The molecule has 1 aliphatic rings. The van der Waals surface area contributed by atoms with Crippen molar-refractivity contribution in [2.24, 2.45) is 16.8 Å². The van der Waals surface area contributed by atoms with Crippen molar-refractivity contribution in [2.45, 2.75) is 52.5 Å². The second-order valence-electron chi connectivity index (χ2n) is 6.74. The van der Waals surface area contributed by atoms with Crippen LogP contribution in [0, 0.1) is 11.8 Å². The van der Waals surface area contributed by atoms with Gasteiger partial charge in [0.2, 0.25) is 5.91 Å². The molecule has 2 N–H and O–H groups in total. The summed E-state index contributed by atoms with van der Waals surface area (Å²) < 4.78 is 0. The van der Waals surface area contributed by atoms with Crippen molar-refractivity contribution in [1.82, 2.24) is 15.5 Å². The molecule has 1 rings (SSSR count). The van der Waals surface area contributed by atoms with E-state index in [1.807, 2.05) is 0 Å². The molecule has 0 bridgehead atoms. The zero-order valence-electron chi connectivity index (χ0n) is 14.3. The number of rotatable bonds is 5. The maximum atomic E-state index is 11.7. The highest BCUT2D eigenvalue weighted by molar-refractivity contribution is 5.84. The third kappa shape index (κ3) is 6.82. The Morgan fingerprint density at radius 3 is 2.52 bits per heavy atom. The summed E-state index contributed by atoms with van der Waals surface area (Å²) in [6, 6.07) is 0.464. The summed E-state index contributed by atoms with van der Waals surface area (Å²) in [4.78, 5) is 17.7. The monoisotopic (exact) mass is 296 g/mol. The van der Waals surface area contributed by atoms with Crippen LogP contribution in [-0.2, 0) is 4.79 Å². The van der Waals surface area contributed by atoms with E-state index in [2.05, 4.69) is 36.4 Å². The number of hydrogen-bond acceptors (Lipinski definition) is 2. The van der Waals surface area contributed by atoms with Gasteiger partial charge in [0.05, 0.1) is 0 Å². The van der Waals surface area contributed by atoms with E-state index in [4.69, 9.17) is 0 Å². The molecule has 1 aliphatic carbocycles. The summed E-state index contributed by atoms with van der Waals surface area (Å²) in [7, 11) is 3.52. The maximum Gasteiger partial charge on any atom is 0.243 e. The predicted octanol–water partition coefficient (Wildman–Crippen LogP) is 1.84. The van der Waals surface area contributed by atoms with Crippen LogP contribution in [0.1, 0.15) is 46.5 Å². The second-order valence-corrected chi connectivity index (χ2v) is 6.74. The van der Waals surface area contributed by atoms with Gasteiger partial charge in [-0.2, -0.15) is 0 Å². The van der Waals surface area contributed by atoms with Crippen molar-refractivity contribution in [3.8, 4) is 0 Å². The molecule has 0 spiro atoms. The quantitative estimate of drug-likeness (QED) is 0.601. The average molecular weight is 296 g/mol. The van der Waals surface area contributed by atoms with Gasteiger partial charge in [-0.25, -0.2) is 4.99 Å². The number of amides is 1. The van der Waals surface area contributed by atoms with Crippen molar-refractivity contribution >= 4 is 11.9 Å². The van der Waals surface area contributed by atoms with Crippen LogP contribution < -0.4 is 10.6 Å². The first kappa shape index (κ1) is 17.8. The minimum absolute atomic E-state index is 0.0253. The van der Waals surface area contributed by atoms with Crippen LogP contribution in [0.5, 0.6) is 0 Å². The van der Waals surface area contributed by atoms with Gasteiger partial charge in [-0.05, 0) is 24.7 Å². The largest absolute Gasteiger partial charge is 0.356 e. The molecule has 0 aliphatic heterocycles. The van der Waals surface area contributed by atoms with Crippen molar-refractivity contribution in [3.05, 3.63) is 0 Å². The number of aliphatic imine (C=N–C) groups is 1. The van der Waals surface area contributed by atoms with E-state index in [9.17, 15) is 4.79 Å². The summed E-state index contributed by atoms with van der Waals surface area (Å²) in [5.74, 6) is 2.01. The zero-order chi connectivity index (χ0) is 15.8. The SMILES string of the molecule is CC(C)CNC(=NCC(=O)N(C)C)NC1CCCCC1C. The minimum Gasteiger partial charge on any atom is -0.356 e. The normalized spacial score (nSPS) is 23.0. The highest BCUT2D eigenvalue weighted by atomic mass is 16.2. The van der Waals surface area contributed by atoms with Gasteiger partial charge in [0, 0.05) is 26.7 Å². The molecular weight excluding hydrogens is 264 g/mol. The molecule has 0 saturated heterocycles. The molecule has 1 saturated carbocycles. The molecule has 2 unspecified atom stereocenters. The average Bonchev–Trinajstić information content (AvgIpc) is 2.43. The van der Waals surface area contributed by atoms with Crippen LogP contribution in [-0.4, -0.2) is 50.0 Å². The fraction of sp³-hybridized carbons (Fsp3) is 0.875. The number of guanidine groups is 1. The molecule has 0 aromatic heterocycles. The molecule has 0 aromatic rings. The molecule has 21 heavy (non-hydrogen) atoms. The lowest BCUT2D eigenvalue weighted by molar-refractivity contribution is -0.127. The Balaban J connectivity index is 2.62. The molecule has 2 atom stereocenters. The molecule has 0 heterocycles. The van der Waals surface area contributed by atoms with Gasteiger partial charge in [0.25, 0.3) is 0 Å². The number of carbonyl (C=O) groups excluding carboxylic acids is 1. The van der Waals surface area contributed by atoms with E-state index in [0.717, 1.165) is 12.5 Å². The van der Waals surface area contributed by atoms with E-state index in [-0.39, 0.29) is 12.5 Å². The van der Waals surface area contributed by atoms with Gasteiger partial charge in [0.1, 0.15) is 6.54 Å². The van der Waals surface area contributed by atoms with Crippen molar-refractivity contribution in [3.63, 3.8) is 0 Å². The fourth-order valence-electron chi connectivity index (χ4n) is 2.45. The Morgan fingerprint density at radius 2 is 1.95 bits per heavy atom. The van der Waals surface area contributed by atoms with Crippen molar-refractivity contribution < 1.29 is 4.79 Å². The lowest BCUT2D eigenvalue weighted by Crippen LogP contribution is -2.48. The van der Waals surface area contributed by atoms with Crippen LogP contribution in [0.15, 0.2) is 4.99 Å². The third-order valence-electron chi connectivity index (χ3n) is 3.98. The first-order chi connectivity index (χ1) is 9.90. The van der Waals surface area contributed by atoms with Crippen LogP contribution in [0.2, 0.25) is 0 Å². The standard InChI is InChI=1S/C16H32N4O/c1-12(2)10-17-16(18-11-15(21)20(4)5)19-14-9-7-6-8-13(14)3/h12-14H,6-11H2,1-5H3,(H2,17,18,19). The molecule has 1 fully saturated rings. The molecule has 122 valence electrons. The first-order valence-corrected chi connectivity index (χ1v) is 8.15. The number of hydrogen-bond donors (Lipinski definition) is 2. The van der Waals surface area contributed by atoms with E-state index in [1.54, 1.807) is 19.0 Å². The van der Waals surface area contributed by atoms with Gasteiger partial charge in [-0.3, -0.25) is 4.79 Å². The van der Waals surface area contributed by atoms with E-state index in [1.165, 1.54) is 25.7 Å². The van der Waals surface area contributed by atoms with Crippen LogP contribution in [0.3, 0.4) is 0 Å². The topological polar surface area (TPSA) is 56.7 Å².